The molecule has 0 saturated carbocycles. The fraction of sp³-hybridized carbons (Fsp3) is 0.273. The molecule has 0 radical (unpaired) electrons. The van der Waals surface area contributed by atoms with Crippen LogP contribution in [0.15, 0.2) is 36.5 Å². The van der Waals surface area contributed by atoms with Crippen molar-refractivity contribution in [2.45, 2.75) is 6.92 Å². The number of nitrogens with zero attached hydrogens (tertiary/aromatic N) is 1. The molecule has 0 aliphatic rings. The van der Waals surface area contributed by atoms with E-state index >= 15 is 0 Å². The van der Waals surface area contributed by atoms with Crippen molar-refractivity contribution in [2.24, 2.45) is 0 Å². The molecule has 0 bridgehead atoms. The van der Waals surface area contributed by atoms with E-state index in [2.05, 4.69) is 42.3 Å². The summed E-state index contributed by atoms with van der Waals surface area (Å²) in [5.74, 6) is 0. The van der Waals surface area contributed by atoms with E-state index in [0.717, 1.165) is 0 Å². The summed E-state index contributed by atoms with van der Waals surface area (Å²) < 4.78 is 0. The number of hydrogen-bond acceptors (Lipinski definition) is 1. The maximum Gasteiger partial charge on any atom is 0.00557 e. The number of hydrogen-bond donors (Lipinski definition) is 0. The van der Waals surface area contributed by atoms with Gasteiger partial charge < -0.3 is 4.90 Å². The maximum absolute atomic E-state index is 2.12. The molecule has 0 N–H and O–H groups in total. The second-order valence-corrected chi connectivity index (χ2v) is 3.14. The number of benzene rings is 1. The van der Waals surface area contributed by atoms with Gasteiger partial charge in [0.2, 0.25) is 0 Å². The van der Waals surface area contributed by atoms with E-state index in [0.29, 0.717) is 0 Å². The Morgan fingerprint density at radius 1 is 1.17 bits per heavy atom. The highest BCUT2D eigenvalue weighted by Crippen LogP contribution is 2.12. The van der Waals surface area contributed by atoms with Crippen LogP contribution in [0.3, 0.4) is 0 Å². The van der Waals surface area contributed by atoms with Gasteiger partial charge in [-0.05, 0) is 18.1 Å². The van der Waals surface area contributed by atoms with E-state index < -0.39 is 0 Å². The Morgan fingerprint density at radius 2 is 1.75 bits per heavy atom. The van der Waals surface area contributed by atoms with Crippen LogP contribution in [0.5, 0.6) is 0 Å². The summed E-state index contributed by atoms with van der Waals surface area (Å²) in [6.07, 6.45) is 2.12. The van der Waals surface area contributed by atoms with Gasteiger partial charge in [-0.3, -0.25) is 0 Å². The Kier molecular flexibility index (Phi) is 2.92. The van der Waals surface area contributed by atoms with E-state index in [1.54, 1.807) is 0 Å². The first-order valence-electron chi connectivity index (χ1n) is 4.10. The van der Waals surface area contributed by atoms with Crippen molar-refractivity contribution < 1.29 is 0 Å². The smallest absolute Gasteiger partial charge is 0.00557 e. The molecule has 1 nitrogen and oxygen atoms in total. The lowest BCUT2D eigenvalue weighted by Crippen LogP contribution is -2.01. The molecule has 0 atom stereocenters. The highest BCUT2D eigenvalue weighted by Gasteiger charge is 1.92. The highest BCUT2D eigenvalue weighted by atomic mass is 15.0. The van der Waals surface area contributed by atoms with Gasteiger partial charge >= 0.3 is 0 Å². The van der Waals surface area contributed by atoms with Crippen molar-refractivity contribution in [3.8, 4) is 0 Å². The molecule has 0 fully saturated rings. The SMILES string of the molecule is C/C(=C\N(C)C)c1ccccc1. The van der Waals surface area contributed by atoms with E-state index in [4.69, 9.17) is 0 Å². The number of rotatable bonds is 2. The van der Waals surface area contributed by atoms with Gasteiger partial charge in [0, 0.05) is 20.3 Å². The van der Waals surface area contributed by atoms with Gasteiger partial charge in [0.15, 0.2) is 0 Å². The topological polar surface area (TPSA) is 3.24 Å². The van der Waals surface area contributed by atoms with Gasteiger partial charge in [-0.2, -0.15) is 0 Å². The molecule has 0 aromatic heterocycles. The molecule has 0 amide bonds. The molecule has 1 heteroatoms. The highest BCUT2D eigenvalue weighted by molar-refractivity contribution is 5.62. The third-order valence-corrected chi connectivity index (χ3v) is 1.68. The summed E-state index contributed by atoms with van der Waals surface area (Å²) in [6.45, 7) is 2.12. The average Bonchev–Trinajstić information content (AvgIpc) is 2.05. The summed E-state index contributed by atoms with van der Waals surface area (Å²) in [7, 11) is 4.07. The first-order valence-corrected chi connectivity index (χ1v) is 4.10. The summed E-state index contributed by atoms with van der Waals surface area (Å²) >= 11 is 0. The second-order valence-electron chi connectivity index (χ2n) is 3.14. The van der Waals surface area contributed by atoms with Gasteiger partial charge in [0.05, 0.1) is 0 Å². The molecular weight excluding hydrogens is 146 g/mol. The van der Waals surface area contributed by atoms with Crippen LogP contribution in [-0.2, 0) is 0 Å². The van der Waals surface area contributed by atoms with E-state index in [1.807, 2.05) is 20.2 Å². The average molecular weight is 161 g/mol. The molecule has 12 heavy (non-hydrogen) atoms. The van der Waals surface area contributed by atoms with Crippen LogP contribution in [0.1, 0.15) is 12.5 Å². The molecule has 0 saturated heterocycles. The molecule has 1 aromatic carbocycles. The molecule has 0 heterocycles. The molecule has 0 aliphatic heterocycles. The van der Waals surface area contributed by atoms with Gasteiger partial charge in [-0.15, -0.1) is 0 Å². The molecule has 0 unspecified atom stereocenters. The van der Waals surface area contributed by atoms with Crippen LogP contribution < -0.4 is 0 Å². The zero-order chi connectivity index (χ0) is 8.97. The van der Waals surface area contributed by atoms with Crippen molar-refractivity contribution in [3.63, 3.8) is 0 Å². The van der Waals surface area contributed by atoms with Gasteiger partial charge in [-0.25, -0.2) is 0 Å². The predicted molar refractivity (Wildman–Crippen MR) is 53.8 cm³/mol. The van der Waals surface area contributed by atoms with E-state index in [-0.39, 0.29) is 0 Å². The van der Waals surface area contributed by atoms with Crippen LogP contribution in [0, 0.1) is 0 Å². The normalized spacial score (nSPS) is 11.4. The fourth-order valence-electron chi connectivity index (χ4n) is 1.16. The zero-order valence-corrected chi connectivity index (χ0v) is 7.91. The van der Waals surface area contributed by atoms with Crippen LogP contribution in [0.25, 0.3) is 5.57 Å². The largest absolute Gasteiger partial charge is 0.383 e. The summed E-state index contributed by atoms with van der Waals surface area (Å²) in [5.41, 5.74) is 2.58. The minimum Gasteiger partial charge on any atom is -0.383 e. The lowest BCUT2D eigenvalue weighted by Gasteiger charge is -2.07. The van der Waals surface area contributed by atoms with Crippen molar-refractivity contribution in [2.75, 3.05) is 14.1 Å². The standard InChI is InChI=1S/C11H15N/c1-10(9-12(2)3)11-7-5-4-6-8-11/h4-9H,1-3H3/b10-9+. The molecule has 1 rings (SSSR count). The van der Waals surface area contributed by atoms with Crippen molar-refractivity contribution in [1.29, 1.82) is 0 Å². The fourth-order valence-corrected chi connectivity index (χ4v) is 1.16. The molecular formula is C11H15N. The summed E-state index contributed by atoms with van der Waals surface area (Å²) in [4.78, 5) is 2.06. The monoisotopic (exact) mass is 161 g/mol. The Bertz CT molecular complexity index is 260. The van der Waals surface area contributed by atoms with Crippen molar-refractivity contribution >= 4 is 5.57 Å². The minimum atomic E-state index is 1.28. The van der Waals surface area contributed by atoms with E-state index in [1.165, 1.54) is 11.1 Å². The first-order chi connectivity index (χ1) is 5.70. The first kappa shape index (κ1) is 8.85. The predicted octanol–water partition coefficient (Wildman–Crippen LogP) is 2.61. The molecule has 1 aromatic rings. The summed E-state index contributed by atoms with van der Waals surface area (Å²) in [6, 6.07) is 10.4. The quantitative estimate of drug-likeness (QED) is 0.644. The molecule has 64 valence electrons. The molecule has 0 aliphatic carbocycles. The van der Waals surface area contributed by atoms with Crippen LogP contribution >= 0.6 is 0 Å². The minimum absolute atomic E-state index is 1.28. The Labute approximate surface area is 74.3 Å². The maximum atomic E-state index is 2.12. The zero-order valence-electron chi connectivity index (χ0n) is 7.91. The number of allylic oxidation sites excluding steroid dienone is 1. The van der Waals surface area contributed by atoms with Gasteiger partial charge in [-0.1, -0.05) is 30.3 Å². The molecule has 0 spiro atoms. The second kappa shape index (κ2) is 3.96. The Morgan fingerprint density at radius 3 is 2.25 bits per heavy atom. The lowest BCUT2D eigenvalue weighted by atomic mass is 10.1. The van der Waals surface area contributed by atoms with Gasteiger partial charge in [0.1, 0.15) is 0 Å². The van der Waals surface area contributed by atoms with Crippen molar-refractivity contribution in [1.82, 2.24) is 4.90 Å². The summed E-state index contributed by atoms with van der Waals surface area (Å²) in [5, 5.41) is 0. The third kappa shape index (κ3) is 2.42. The van der Waals surface area contributed by atoms with Gasteiger partial charge in [0.25, 0.3) is 0 Å². The third-order valence-electron chi connectivity index (χ3n) is 1.68. The van der Waals surface area contributed by atoms with Crippen LogP contribution in [0.2, 0.25) is 0 Å². The van der Waals surface area contributed by atoms with E-state index in [9.17, 15) is 0 Å². The van der Waals surface area contributed by atoms with Crippen molar-refractivity contribution in [3.05, 3.63) is 42.1 Å². The lowest BCUT2D eigenvalue weighted by molar-refractivity contribution is 0.565. The van der Waals surface area contributed by atoms with Crippen LogP contribution in [-0.4, -0.2) is 19.0 Å². The van der Waals surface area contributed by atoms with Crippen LogP contribution in [0.4, 0.5) is 0 Å². The Hall–Kier alpha value is -1.24. The Balaban J connectivity index is 2.85.